The molecule has 0 radical (unpaired) electrons. The minimum atomic E-state index is -1.50. The Morgan fingerprint density at radius 1 is 0.704 bits per heavy atom. The quantitative estimate of drug-likeness (QED) is 0.326. The number of unbranched alkanes of at least 4 members (excludes halogenated alkanes) is 2. The lowest BCUT2D eigenvalue weighted by molar-refractivity contribution is -0.247. The first-order chi connectivity index (χ1) is 12.7. The third-order valence-electron chi connectivity index (χ3n) is 4.69. The van der Waals surface area contributed by atoms with Crippen LogP contribution in [0.15, 0.2) is 29.1 Å². The van der Waals surface area contributed by atoms with E-state index in [-0.39, 0.29) is 0 Å². The average Bonchev–Trinajstić information content (AvgIpc) is 3.10. The van der Waals surface area contributed by atoms with E-state index in [4.69, 9.17) is 14.2 Å². The van der Waals surface area contributed by atoms with Crippen LogP contribution in [0.2, 0.25) is 0 Å². The molecule has 148 valence electrons. The zero-order chi connectivity index (χ0) is 20.0. The molecule has 27 heavy (non-hydrogen) atoms. The van der Waals surface area contributed by atoms with Crippen LogP contribution >= 0.6 is 63.7 Å². The van der Waals surface area contributed by atoms with Crippen LogP contribution in [-0.2, 0) is 23.8 Å². The second-order valence-corrected chi connectivity index (χ2v) is 9.71. The molecule has 0 fully saturated rings. The normalized spacial score (nSPS) is 30.4. The van der Waals surface area contributed by atoms with Gasteiger partial charge in [-0.3, -0.25) is 4.74 Å². The number of ether oxygens (including phenoxy) is 3. The van der Waals surface area contributed by atoms with Crippen molar-refractivity contribution < 1.29 is 23.8 Å². The highest BCUT2D eigenvalue weighted by atomic mass is 79.9. The van der Waals surface area contributed by atoms with Crippen molar-refractivity contribution in [2.24, 2.45) is 0 Å². The molecule has 2 atom stereocenters. The Morgan fingerprint density at radius 3 is 1.41 bits per heavy atom. The van der Waals surface area contributed by atoms with Crippen LogP contribution in [0.25, 0.3) is 0 Å². The van der Waals surface area contributed by atoms with Gasteiger partial charge in [0.15, 0.2) is 0 Å². The SMILES string of the molecule is CCCCC1=C(Br)[C@]2(OC1=O)O[C@@]1(OC(=O)C(CCCC)=C1Br)C(Br)=C2Br. The molecule has 3 heterocycles. The summed E-state index contributed by atoms with van der Waals surface area (Å²) in [4.78, 5) is 25.0. The molecule has 5 nitrogen and oxygen atoms in total. The molecule has 0 bridgehead atoms. The molecular weight excluding hydrogens is 616 g/mol. The number of esters is 2. The number of rotatable bonds is 6. The molecule has 3 aliphatic heterocycles. The molecule has 0 saturated heterocycles. The smallest absolute Gasteiger partial charge is 0.338 e. The summed E-state index contributed by atoms with van der Waals surface area (Å²) < 4.78 is 19.4. The summed E-state index contributed by atoms with van der Waals surface area (Å²) in [6.45, 7) is 4.10. The van der Waals surface area contributed by atoms with E-state index in [0.717, 1.165) is 25.7 Å². The van der Waals surface area contributed by atoms with Crippen LogP contribution in [0.5, 0.6) is 0 Å². The van der Waals surface area contributed by atoms with Gasteiger partial charge in [0, 0.05) is 0 Å². The zero-order valence-electron chi connectivity index (χ0n) is 14.8. The molecule has 9 heteroatoms. The van der Waals surface area contributed by atoms with Crippen molar-refractivity contribution in [3.63, 3.8) is 0 Å². The monoisotopic (exact) mass is 630 g/mol. The zero-order valence-corrected chi connectivity index (χ0v) is 21.1. The fourth-order valence-corrected chi connectivity index (χ4v) is 6.39. The van der Waals surface area contributed by atoms with Crippen molar-refractivity contribution in [2.45, 2.75) is 63.9 Å². The van der Waals surface area contributed by atoms with Gasteiger partial charge >= 0.3 is 11.9 Å². The Bertz CT molecular complexity index is 736. The number of hydrogen-bond donors (Lipinski definition) is 0. The van der Waals surface area contributed by atoms with Crippen molar-refractivity contribution in [3.8, 4) is 0 Å². The maximum atomic E-state index is 12.5. The molecule has 0 N–H and O–H groups in total. The van der Waals surface area contributed by atoms with E-state index in [1.165, 1.54) is 0 Å². The first-order valence-corrected chi connectivity index (χ1v) is 11.9. The minimum Gasteiger partial charge on any atom is -0.419 e. The maximum Gasteiger partial charge on any atom is 0.338 e. The van der Waals surface area contributed by atoms with Crippen molar-refractivity contribution in [2.75, 3.05) is 0 Å². The summed E-state index contributed by atoms with van der Waals surface area (Å²) in [7, 11) is 0. The van der Waals surface area contributed by atoms with Gasteiger partial charge in [-0.05, 0) is 89.4 Å². The van der Waals surface area contributed by atoms with Crippen LogP contribution in [0.4, 0.5) is 0 Å². The fraction of sp³-hybridized carbons (Fsp3) is 0.556. The average molecular weight is 634 g/mol. The van der Waals surface area contributed by atoms with Gasteiger partial charge in [0.05, 0.1) is 29.1 Å². The molecule has 0 aromatic rings. The van der Waals surface area contributed by atoms with Gasteiger partial charge in [0.2, 0.25) is 0 Å². The number of halogens is 4. The lowest BCUT2D eigenvalue weighted by Gasteiger charge is -2.29. The van der Waals surface area contributed by atoms with Gasteiger partial charge in [-0.15, -0.1) is 0 Å². The first-order valence-electron chi connectivity index (χ1n) is 8.76. The lowest BCUT2D eigenvalue weighted by atomic mass is 10.1. The van der Waals surface area contributed by atoms with Crippen LogP contribution in [0, 0.1) is 0 Å². The van der Waals surface area contributed by atoms with Crippen LogP contribution in [-0.4, -0.2) is 23.5 Å². The topological polar surface area (TPSA) is 61.8 Å². The van der Waals surface area contributed by atoms with E-state index in [1.807, 2.05) is 0 Å². The summed E-state index contributed by atoms with van der Waals surface area (Å²) in [6.07, 6.45) is 4.74. The number of carbonyl (C=O) groups excluding carboxylic acids is 2. The molecule has 3 aliphatic rings. The van der Waals surface area contributed by atoms with Gasteiger partial charge in [0.1, 0.15) is 0 Å². The van der Waals surface area contributed by atoms with Crippen molar-refractivity contribution in [1.29, 1.82) is 0 Å². The van der Waals surface area contributed by atoms with Crippen LogP contribution in [0.3, 0.4) is 0 Å². The predicted molar refractivity (Wildman–Crippen MR) is 115 cm³/mol. The van der Waals surface area contributed by atoms with Gasteiger partial charge in [0.25, 0.3) is 11.6 Å². The molecule has 0 aliphatic carbocycles. The molecule has 0 amide bonds. The Kier molecular flexibility index (Phi) is 6.48. The van der Waals surface area contributed by atoms with E-state index in [2.05, 4.69) is 77.6 Å². The van der Waals surface area contributed by atoms with E-state index in [9.17, 15) is 9.59 Å². The molecule has 0 aromatic carbocycles. The van der Waals surface area contributed by atoms with E-state index < -0.39 is 23.5 Å². The molecule has 3 rings (SSSR count). The van der Waals surface area contributed by atoms with E-state index in [0.29, 0.717) is 41.9 Å². The third-order valence-corrected chi connectivity index (χ3v) is 9.06. The predicted octanol–water partition coefficient (Wildman–Crippen LogP) is 6.20. The largest absolute Gasteiger partial charge is 0.419 e. The summed E-state index contributed by atoms with van der Waals surface area (Å²) in [5.74, 6) is -3.89. The molecular formula is C18H18Br4O5. The highest BCUT2D eigenvalue weighted by Crippen LogP contribution is 2.62. The summed E-state index contributed by atoms with van der Waals surface area (Å²) in [5, 5.41) is 0. The standard InChI is InChI=1S/C18H18Br4O5/c1-3-5-7-9-11(19)17(25-15(9)23)13(21)14(22)18(27-17)12(20)10(8-6-4-2)16(24)26-18/h3-8H2,1-2H3/t17-,18+. The van der Waals surface area contributed by atoms with Gasteiger partial charge in [-0.2, -0.15) is 0 Å². The molecule has 2 spiro atoms. The number of carbonyl (C=O) groups is 2. The third kappa shape index (κ3) is 3.25. The number of hydrogen-bond acceptors (Lipinski definition) is 5. The van der Waals surface area contributed by atoms with Gasteiger partial charge < -0.3 is 9.47 Å². The highest BCUT2D eigenvalue weighted by molar-refractivity contribution is 9.14. The Morgan fingerprint density at radius 2 is 1.07 bits per heavy atom. The summed E-state index contributed by atoms with van der Waals surface area (Å²) in [6, 6.07) is 0. The highest BCUT2D eigenvalue weighted by Gasteiger charge is 2.67. The second-order valence-electron chi connectivity index (χ2n) is 6.53. The van der Waals surface area contributed by atoms with Crippen LogP contribution in [0.1, 0.15) is 52.4 Å². The van der Waals surface area contributed by atoms with E-state index in [1.54, 1.807) is 0 Å². The fourth-order valence-electron chi connectivity index (χ4n) is 3.18. The molecule has 0 unspecified atom stereocenters. The van der Waals surface area contributed by atoms with E-state index >= 15 is 0 Å². The Labute approximate surface area is 191 Å². The van der Waals surface area contributed by atoms with Crippen LogP contribution < -0.4 is 0 Å². The Hall–Kier alpha value is 0.0400. The minimum absolute atomic E-state index is 0.444. The molecule has 0 aromatic heterocycles. The Balaban J connectivity index is 2.04. The second kappa shape index (κ2) is 8.05. The molecule has 0 saturated carbocycles. The van der Waals surface area contributed by atoms with Crippen molar-refractivity contribution in [3.05, 3.63) is 29.1 Å². The maximum absolute atomic E-state index is 12.5. The van der Waals surface area contributed by atoms with Gasteiger partial charge in [-0.1, -0.05) is 26.7 Å². The van der Waals surface area contributed by atoms with Gasteiger partial charge in [-0.25, -0.2) is 9.59 Å². The van der Waals surface area contributed by atoms with Crippen molar-refractivity contribution >= 4 is 75.7 Å². The lowest BCUT2D eigenvalue weighted by Crippen LogP contribution is -2.40. The summed E-state index contributed by atoms with van der Waals surface area (Å²) in [5.41, 5.74) is 1.06. The summed E-state index contributed by atoms with van der Waals surface area (Å²) >= 11 is 14.0. The first kappa shape index (κ1) is 21.7. The van der Waals surface area contributed by atoms with Crippen molar-refractivity contribution in [1.82, 2.24) is 0 Å².